The summed E-state index contributed by atoms with van der Waals surface area (Å²) in [5, 5.41) is 2.83. The highest BCUT2D eigenvalue weighted by Crippen LogP contribution is 2.24. The zero-order chi connectivity index (χ0) is 16.2. The Morgan fingerprint density at radius 3 is 2.74 bits per heavy atom. The molecule has 23 heavy (non-hydrogen) atoms. The molecule has 3 rings (SSSR count). The van der Waals surface area contributed by atoms with Crippen LogP contribution in [0.3, 0.4) is 0 Å². The predicted octanol–water partition coefficient (Wildman–Crippen LogP) is 2.51. The van der Waals surface area contributed by atoms with E-state index in [2.05, 4.69) is 15.3 Å². The number of hydrogen-bond donors (Lipinski definition) is 2. The molecular formula is C17H17N3O3. The van der Waals surface area contributed by atoms with Crippen molar-refractivity contribution in [1.29, 1.82) is 0 Å². The summed E-state index contributed by atoms with van der Waals surface area (Å²) in [7, 11) is 3.08. The van der Waals surface area contributed by atoms with Crippen LogP contribution in [-0.2, 0) is 6.54 Å². The van der Waals surface area contributed by atoms with Crippen LogP contribution in [-0.4, -0.2) is 30.1 Å². The molecule has 6 heteroatoms. The molecule has 0 aliphatic carbocycles. The molecule has 2 N–H and O–H groups in total. The van der Waals surface area contributed by atoms with E-state index in [-0.39, 0.29) is 5.91 Å². The van der Waals surface area contributed by atoms with Gasteiger partial charge in [0.1, 0.15) is 17.3 Å². The molecule has 1 amide bonds. The Kier molecular flexibility index (Phi) is 4.14. The Balaban J connectivity index is 1.74. The molecule has 0 unspecified atom stereocenters. The quantitative estimate of drug-likeness (QED) is 0.759. The van der Waals surface area contributed by atoms with Gasteiger partial charge in [0, 0.05) is 6.07 Å². The second-order valence-electron chi connectivity index (χ2n) is 4.95. The van der Waals surface area contributed by atoms with E-state index in [0.29, 0.717) is 29.4 Å². The van der Waals surface area contributed by atoms with E-state index in [4.69, 9.17) is 9.47 Å². The smallest absolute Gasteiger partial charge is 0.255 e. The number of methoxy groups -OCH3 is 2. The first kappa shape index (κ1) is 14.9. The summed E-state index contributed by atoms with van der Waals surface area (Å²) in [5.41, 5.74) is 2.27. The van der Waals surface area contributed by atoms with E-state index in [1.807, 2.05) is 24.3 Å². The molecule has 0 atom stereocenters. The highest BCUT2D eigenvalue weighted by molar-refractivity contribution is 5.97. The largest absolute Gasteiger partial charge is 0.497 e. The van der Waals surface area contributed by atoms with E-state index < -0.39 is 0 Å². The molecule has 3 aromatic rings. The summed E-state index contributed by atoms with van der Waals surface area (Å²) in [6.45, 7) is 0.308. The topological polar surface area (TPSA) is 76.2 Å². The van der Waals surface area contributed by atoms with E-state index in [0.717, 1.165) is 11.0 Å². The minimum Gasteiger partial charge on any atom is -0.497 e. The average molecular weight is 311 g/mol. The zero-order valence-corrected chi connectivity index (χ0v) is 12.9. The molecule has 0 aliphatic heterocycles. The van der Waals surface area contributed by atoms with Crippen molar-refractivity contribution in [3.05, 3.63) is 53.9 Å². The second-order valence-corrected chi connectivity index (χ2v) is 4.95. The maximum absolute atomic E-state index is 12.3. The minimum absolute atomic E-state index is 0.232. The van der Waals surface area contributed by atoms with Crippen molar-refractivity contribution in [2.75, 3.05) is 14.2 Å². The van der Waals surface area contributed by atoms with Crippen molar-refractivity contribution in [2.45, 2.75) is 6.54 Å². The van der Waals surface area contributed by atoms with Crippen LogP contribution >= 0.6 is 0 Å². The SMILES string of the molecule is COc1ccc(C(=O)NCc2nc3ccccc3[nH]2)c(OC)c1. The lowest BCUT2D eigenvalue weighted by Crippen LogP contribution is -2.23. The van der Waals surface area contributed by atoms with Crippen molar-refractivity contribution in [1.82, 2.24) is 15.3 Å². The number of imidazole rings is 1. The molecule has 6 nitrogen and oxygen atoms in total. The third kappa shape index (κ3) is 3.11. The van der Waals surface area contributed by atoms with Gasteiger partial charge in [0.15, 0.2) is 0 Å². The fraction of sp³-hybridized carbons (Fsp3) is 0.176. The van der Waals surface area contributed by atoms with Crippen LogP contribution in [0.15, 0.2) is 42.5 Å². The third-order valence-corrected chi connectivity index (χ3v) is 3.51. The predicted molar refractivity (Wildman–Crippen MR) is 86.8 cm³/mol. The maximum atomic E-state index is 12.3. The first-order chi connectivity index (χ1) is 11.2. The fourth-order valence-electron chi connectivity index (χ4n) is 2.33. The van der Waals surface area contributed by atoms with Crippen LogP contribution in [0, 0.1) is 0 Å². The summed E-state index contributed by atoms with van der Waals surface area (Å²) in [6.07, 6.45) is 0. The maximum Gasteiger partial charge on any atom is 0.255 e. The highest BCUT2D eigenvalue weighted by atomic mass is 16.5. The van der Waals surface area contributed by atoms with Gasteiger partial charge in [0.2, 0.25) is 0 Å². The van der Waals surface area contributed by atoms with E-state index in [1.165, 1.54) is 7.11 Å². The van der Waals surface area contributed by atoms with E-state index in [9.17, 15) is 4.79 Å². The molecule has 1 heterocycles. The van der Waals surface area contributed by atoms with E-state index in [1.54, 1.807) is 25.3 Å². The lowest BCUT2D eigenvalue weighted by molar-refractivity contribution is 0.0947. The molecule has 0 radical (unpaired) electrons. The Labute approximate surface area is 133 Å². The number of nitrogens with zero attached hydrogens (tertiary/aromatic N) is 1. The molecule has 0 saturated heterocycles. The number of hydrogen-bond acceptors (Lipinski definition) is 4. The van der Waals surface area contributed by atoms with Crippen molar-refractivity contribution >= 4 is 16.9 Å². The number of rotatable bonds is 5. The van der Waals surface area contributed by atoms with Crippen molar-refractivity contribution in [3.8, 4) is 11.5 Å². The summed E-state index contributed by atoms with van der Waals surface area (Å²) in [6, 6.07) is 12.8. The first-order valence-corrected chi connectivity index (χ1v) is 7.15. The number of aromatic nitrogens is 2. The Morgan fingerprint density at radius 2 is 2.00 bits per heavy atom. The zero-order valence-electron chi connectivity index (χ0n) is 12.9. The number of para-hydroxylation sites is 2. The average Bonchev–Trinajstić information content (AvgIpc) is 3.02. The van der Waals surface area contributed by atoms with Crippen molar-refractivity contribution < 1.29 is 14.3 Å². The summed E-state index contributed by atoms with van der Waals surface area (Å²) >= 11 is 0. The molecule has 0 spiro atoms. The molecule has 0 fully saturated rings. The molecule has 0 aliphatic rings. The molecule has 2 aromatic carbocycles. The number of benzene rings is 2. The number of carbonyl (C=O) groups excluding carboxylic acids is 1. The summed E-state index contributed by atoms with van der Waals surface area (Å²) in [5.74, 6) is 1.57. The van der Waals surface area contributed by atoms with Gasteiger partial charge in [0.25, 0.3) is 5.91 Å². The third-order valence-electron chi connectivity index (χ3n) is 3.51. The number of carbonyl (C=O) groups is 1. The number of ether oxygens (including phenoxy) is 2. The van der Waals surface area contributed by atoms with Gasteiger partial charge in [-0.15, -0.1) is 0 Å². The Hall–Kier alpha value is -3.02. The van der Waals surface area contributed by atoms with Crippen LogP contribution in [0.25, 0.3) is 11.0 Å². The standard InChI is InChI=1S/C17H17N3O3/c1-22-11-7-8-12(15(9-11)23-2)17(21)18-10-16-19-13-5-3-4-6-14(13)20-16/h3-9H,10H2,1-2H3,(H,18,21)(H,19,20). The van der Waals surface area contributed by atoms with Gasteiger partial charge in [-0.2, -0.15) is 0 Å². The monoisotopic (exact) mass is 311 g/mol. The van der Waals surface area contributed by atoms with Gasteiger partial charge in [-0.3, -0.25) is 4.79 Å². The number of amides is 1. The number of fused-ring (bicyclic) bond motifs is 1. The minimum atomic E-state index is -0.232. The lowest BCUT2D eigenvalue weighted by atomic mass is 10.1. The van der Waals surface area contributed by atoms with Crippen LogP contribution in [0.2, 0.25) is 0 Å². The van der Waals surface area contributed by atoms with Crippen LogP contribution in [0.1, 0.15) is 16.2 Å². The second kappa shape index (κ2) is 6.39. The number of nitrogens with one attached hydrogen (secondary N) is 2. The number of H-pyrrole nitrogens is 1. The van der Waals surface area contributed by atoms with Crippen LogP contribution in [0.5, 0.6) is 11.5 Å². The molecule has 1 aromatic heterocycles. The lowest BCUT2D eigenvalue weighted by Gasteiger charge is -2.10. The van der Waals surface area contributed by atoms with Crippen LogP contribution < -0.4 is 14.8 Å². The fourth-order valence-corrected chi connectivity index (χ4v) is 2.33. The highest BCUT2D eigenvalue weighted by Gasteiger charge is 2.13. The van der Waals surface area contributed by atoms with Crippen molar-refractivity contribution in [3.63, 3.8) is 0 Å². The first-order valence-electron chi connectivity index (χ1n) is 7.15. The van der Waals surface area contributed by atoms with Gasteiger partial charge in [0.05, 0.1) is 37.4 Å². The summed E-state index contributed by atoms with van der Waals surface area (Å²) < 4.78 is 10.4. The molecule has 0 bridgehead atoms. The van der Waals surface area contributed by atoms with Crippen LogP contribution in [0.4, 0.5) is 0 Å². The van der Waals surface area contributed by atoms with Gasteiger partial charge in [-0.05, 0) is 24.3 Å². The van der Waals surface area contributed by atoms with Gasteiger partial charge < -0.3 is 19.8 Å². The Bertz CT molecular complexity index is 809. The molecular weight excluding hydrogens is 294 g/mol. The van der Waals surface area contributed by atoms with Gasteiger partial charge >= 0.3 is 0 Å². The van der Waals surface area contributed by atoms with Crippen molar-refractivity contribution in [2.24, 2.45) is 0 Å². The van der Waals surface area contributed by atoms with Gasteiger partial charge in [-0.1, -0.05) is 12.1 Å². The Morgan fingerprint density at radius 1 is 1.17 bits per heavy atom. The van der Waals surface area contributed by atoms with E-state index >= 15 is 0 Å². The number of aromatic amines is 1. The van der Waals surface area contributed by atoms with Gasteiger partial charge in [-0.25, -0.2) is 4.98 Å². The molecule has 118 valence electrons. The summed E-state index contributed by atoms with van der Waals surface area (Å²) in [4.78, 5) is 19.9. The normalized spacial score (nSPS) is 10.5. The molecule has 0 saturated carbocycles.